The number of nitrogens with zero attached hydrogens (tertiary/aromatic N) is 1. The van der Waals surface area contributed by atoms with Gasteiger partial charge in [0, 0.05) is 19.4 Å². The normalized spacial score (nSPS) is 19.4. The van der Waals surface area contributed by atoms with Crippen molar-refractivity contribution in [2.75, 3.05) is 11.9 Å². The molecule has 9 heteroatoms. The Kier molecular flexibility index (Phi) is 4.81. The number of rotatable bonds is 5. The molecule has 26 heavy (non-hydrogen) atoms. The van der Waals surface area contributed by atoms with Gasteiger partial charge in [-0.2, -0.15) is 0 Å². The quantitative estimate of drug-likeness (QED) is 0.624. The highest BCUT2D eigenvalue weighted by molar-refractivity contribution is 6.26. The number of hydrogen-bond donors (Lipinski definition) is 3. The molecule has 3 rings (SSSR count). The van der Waals surface area contributed by atoms with E-state index in [0.717, 1.165) is 4.90 Å². The first-order chi connectivity index (χ1) is 12.4. The van der Waals surface area contributed by atoms with E-state index < -0.39 is 35.6 Å². The maximum absolute atomic E-state index is 12.8. The molecule has 0 radical (unpaired) electrons. The summed E-state index contributed by atoms with van der Waals surface area (Å²) in [5.41, 5.74) is 0.304. The lowest BCUT2D eigenvalue weighted by atomic mass is 10.0. The highest BCUT2D eigenvalue weighted by Crippen LogP contribution is 2.32. The Morgan fingerprint density at radius 3 is 2.69 bits per heavy atom. The van der Waals surface area contributed by atoms with Crippen molar-refractivity contribution in [1.82, 2.24) is 10.2 Å². The predicted octanol–water partition coefficient (Wildman–Crippen LogP) is -0.201. The van der Waals surface area contributed by atoms with Gasteiger partial charge in [0.15, 0.2) is 0 Å². The van der Waals surface area contributed by atoms with Gasteiger partial charge in [0.25, 0.3) is 11.8 Å². The zero-order chi connectivity index (χ0) is 18.8. The number of nitrogens with one attached hydrogen (secondary N) is 2. The molecular formula is C17H17N3O6. The van der Waals surface area contributed by atoms with Crippen LogP contribution < -0.4 is 10.6 Å². The van der Waals surface area contributed by atoms with Crippen LogP contribution in [-0.2, 0) is 14.4 Å². The van der Waals surface area contributed by atoms with Crippen molar-refractivity contribution < 1.29 is 29.1 Å². The lowest BCUT2D eigenvalue weighted by molar-refractivity contribution is -0.136. The smallest absolute Gasteiger partial charge is 0.264 e. The van der Waals surface area contributed by atoms with Crippen LogP contribution in [0.15, 0.2) is 18.2 Å². The number of aliphatic hydroxyl groups excluding tert-OH is 1. The van der Waals surface area contributed by atoms with Crippen molar-refractivity contribution in [2.24, 2.45) is 0 Å². The molecule has 1 saturated heterocycles. The maximum Gasteiger partial charge on any atom is 0.264 e. The van der Waals surface area contributed by atoms with Crippen LogP contribution in [0, 0.1) is 0 Å². The fraction of sp³-hybridized carbons (Fsp3) is 0.353. The van der Waals surface area contributed by atoms with Gasteiger partial charge in [0.05, 0.1) is 16.8 Å². The molecule has 1 fully saturated rings. The summed E-state index contributed by atoms with van der Waals surface area (Å²) >= 11 is 0. The van der Waals surface area contributed by atoms with Crippen LogP contribution in [0.4, 0.5) is 5.69 Å². The molecule has 1 aromatic carbocycles. The zero-order valence-electron chi connectivity index (χ0n) is 13.8. The summed E-state index contributed by atoms with van der Waals surface area (Å²) in [6, 6.07) is 3.41. The van der Waals surface area contributed by atoms with Crippen LogP contribution in [0.1, 0.15) is 46.4 Å². The first-order valence-corrected chi connectivity index (χ1v) is 8.19. The molecular weight excluding hydrogens is 342 g/mol. The van der Waals surface area contributed by atoms with Crippen molar-refractivity contribution in [2.45, 2.75) is 31.7 Å². The van der Waals surface area contributed by atoms with Crippen LogP contribution in [-0.4, -0.2) is 52.2 Å². The van der Waals surface area contributed by atoms with E-state index in [1.807, 2.05) is 0 Å². The third kappa shape index (κ3) is 3.08. The minimum absolute atomic E-state index is 0.0274. The van der Waals surface area contributed by atoms with Gasteiger partial charge in [-0.25, -0.2) is 0 Å². The molecule has 0 aromatic heterocycles. The minimum atomic E-state index is -1.06. The zero-order valence-corrected chi connectivity index (χ0v) is 13.8. The molecule has 2 aliphatic heterocycles. The van der Waals surface area contributed by atoms with Crippen molar-refractivity contribution in [3.05, 3.63) is 29.3 Å². The summed E-state index contributed by atoms with van der Waals surface area (Å²) in [5.74, 6) is -2.85. The summed E-state index contributed by atoms with van der Waals surface area (Å²) in [6.07, 6.45) is 0.443. The molecule has 3 N–H and O–H groups in total. The van der Waals surface area contributed by atoms with Gasteiger partial charge < -0.3 is 10.4 Å². The topological polar surface area (TPSA) is 133 Å². The van der Waals surface area contributed by atoms with Gasteiger partial charge in [0.2, 0.25) is 17.7 Å². The van der Waals surface area contributed by atoms with Crippen LogP contribution in [0.5, 0.6) is 0 Å². The summed E-state index contributed by atoms with van der Waals surface area (Å²) in [5, 5.41) is 13.5. The molecule has 1 atom stereocenters. The van der Waals surface area contributed by atoms with E-state index in [4.69, 9.17) is 5.11 Å². The summed E-state index contributed by atoms with van der Waals surface area (Å²) < 4.78 is 0. The Morgan fingerprint density at radius 1 is 1.23 bits per heavy atom. The molecule has 0 bridgehead atoms. The number of hydrogen-bond acceptors (Lipinski definition) is 6. The number of amides is 5. The average Bonchev–Trinajstić information content (AvgIpc) is 2.85. The lowest BCUT2D eigenvalue weighted by Crippen LogP contribution is -2.54. The SMILES string of the molecule is O=C1CCC(N2C(=O)c3cccc(NC(=O)CCCO)c3C2=O)C(=O)N1. The van der Waals surface area contributed by atoms with E-state index >= 15 is 0 Å². The number of anilines is 1. The highest BCUT2D eigenvalue weighted by Gasteiger charge is 2.45. The second-order valence-electron chi connectivity index (χ2n) is 6.05. The molecule has 0 aliphatic carbocycles. The fourth-order valence-corrected chi connectivity index (χ4v) is 3.07. The predicted molar refractivity (Wildman–Crippen MR) is 88.1 cm³/mol. The molecule has 1 aromatic rings. The number of fused-ring (bicyclic) bond motifs is 1. The van der Waals surface area contributed by atoms with Crippen LogP contribution in [0.2, 0.25) is 0 Å². The molecule has 9 nitrogen and oxygen atoms in total. The molecule has 5 amide bonds. The first-order valence-electron chi connectivity index (χ1n) is 8.19. The van der Waals surface area contributed by atoms with Crippen LogP contribution in [0.25, 0.3) is 0 Å². The Bertz CT molecular complexity index is 819. The molecule has 1 unspecified atom stereocenters. The first kappa shape index (κ1) is 17.7. The summed E-state index contributed by atoms with van der Waals surface area (Å²) in [7, 11) is 0. The minimum Gasteiger partial charge on any atom is -0.396 e. The Balaban J connectivity index is 1.88. The standard InChI is InChI=1S/C17H17N3O6/c21-8-2-5-12(22)18-10-4-1-3-9-14(10)17(26)20(16(9)25)11-6-7-13(23)19-15(11)24/h1,3-4,11,21H,2,5-8H2,(H,18,22)(H,19,23,24). The third-order valence-corrected chi connectivity index (χ3v) is 4.30. The van der Waals surface area contributed by atoms with Crippen molar-refractivity contribution in [3.8, 4) is 0 Å². The monoisotopic (exact) mass is 359 g/mol. The Labute approximate surface area is 148 Å². The number of benzene rings is 1. The van der Waals surface area contributed by atoms with Crippen LogP contribution in [0.3, 0.4) is 0 Å². The van der Waals surface area contributed by atoms with E-state index in [2.05, 4.69) is 10.6 Å². The fourth-order valence-electron chi connectivity index (χ4n) is 3.07. The van der Waals surface area contributed by atoms with Gasteiger partial charge in [-0.3, -0.25) is 34.2 Å². The summed E-state index contributed by atoms with van der Waals surface area (Å²) in [4.78, 5) is 61.5. The van der Waals surface area contributed by atoms with Crippen molar-refractivity contribution >= 4 is 35.2 Å². The van der Waals surface area contributed by atoms with Crippen molar-refractivity contribution in [3.63, 3.8) is 0 Å². The number of piperidine rings is 1. The molecule has 2 heterocycles. The van der Waals surface area contributed by atoms with Gasteiger partial charge in [-0.1, -0.05) is 6.07 Å². The second-order valence-corrected chi connectivity index (χ2v) is 6.05. The van der Waals surface area contributed by atoms with E-state index in [-0.39, 0.29) is 49.1 Å². The summed E-state index contributed by atoms with van der Waals surface area (Å²) in [6.45, 7) is -0.138. The molecule has 0 saturated carbocycles. The van der Waals surface area contributed by atoms with E-state index in [9.17, 15) is 24.0 Å². The van der Waals surface area contributed by atoms with E-state index in [0.29, 0.717) is 0 Å². The molecule has 136 valence electrons. The van der Waals surface area contributed by atoms with Gasteiger partial charge >= 0.3 is 0 Å². The molecule has 0 spiro atoms. The van der Waals surface area contributed by atoms with E-state index in [1.54, 1.807) is 0 Å². The number of carbonyl (C=O) groups excluding carboxylic acids is 5. The third-order valence-electron chi connectivity index (χ3n) is 4.30. The van der Waals surface area contributed by atoms with Crippen molar-refractivity contribution in [1.29, 1.82) is 0 Å². The van der Waals surface area contributed by atoms with Gasteiger partial charge in [-0.05, 0) is 25.0 Å². The lowest BCUT2D eigenvalue weighted by Gasteiger charge is -2.27. The van der Waals surface area contributed by atoms with E-state index in [1.165, 1.54) is 18.2 Å². The largest absolute Gasteiger partial charge is 0.396 e. The second kappa shape index (κ2) is 7.04. The highest BCUT2D eigenvalue weighted by atomic mass is 16.3. The number of carbonyl (C=O) groups is 5. The molecule has 2 aliphatic rings. The Morgan fingerprint density at radius 2 is 2.00 bits per heavy atom. The number of aliphatic hydroxyl groups is 1. The van der Waals surface area contributed by atoms with Gasteiger partial charge in [-0.15, -0.1) is 0 Å². The van der Waals surface area contributed by atoms with Gasteiger partial charge in [0.1, 0.15) is 6.04 Å². The maximum atomic E-state index is 12.8. The average molecular weight is 359 g/mol. The number of imide groups is 2. The van der Waals surface area contributed by atoms with Crippen LogP contribution >= 0.6 is 0 Å². The Hall–Kier alpha value is -3.07.